The Bertz CT molecular complexity index is 887. The Morgan fingerprint density at radius 1 is 1.37 bits per heavy atom. The molecule has 1 atom stereocenters. The first-order valence-corrected chi connectivity index (χ1v) is 10.7. The van der Waals surface area contributed by atoms with Crippen LogP contribution in [0.5, 0.6) is 0 Å². The number of carbonyl (C=O) groups is 2. The average molecular weight is 417 g/mol. The van der Waals surface area contributed by atoms with Gasteiger partial charge in [-0.2, -0.15) is 10.1 Å². The van der Waals surface area contributed by atoms with Crippen LogP contribution in [-0.2, 0) is 24.2 Å². The summed E-state index contributed by atoms with van der Waals surface area (Å²) < 4.78 is 7.06. The quantitative estimate of drug-likeness (QED) is 0.654. The van der Waals surface area contributed by atoms with Crippen LogP contribution in [0, 0.1) is 12.8 Å². The summed E-state index contributed by atoms with van der Waals surface area (Å²) in [7, 11) is 0. The van der Waals surface area contributed by atoms with Crippen LogP contribution in [0.25, 0.3) is 0 Å². The average Bonchev–Trinajstić information content (AvgIpc) is 3.41. The van der Waals surface area contributed by atoms with E-state index in [1.54, 1.807) is 17.8 Å². The van der Waals surface area contributed by atoms with Gasteiger partial charge in [-0.15, -0.1) is 0 Å². The summed E-state index contributed by atoms with van der Waals surface area (Å²) in [4.78, 5) is 33.3. The molecule has 3 rings (SSSR count). The van der Waals surface area contributed by atoms with Crippen molar-refractivity contribution in [3.05, 3.63) is 29.2 Å². The maximum absolute atomic E-state index is 12.9. The lowest BCUT2D eigenvalue weighted by Gasteiger charge is -2.27. The molecule has 2 aromatic heterocycles. The molecular formula is C21H32N6O3. The minimum absolute atomic E-state index is 0.00446. The Kier molecular flexibility index (Phi) is 6.89. The molecule has 3 heterocycles. The molecular weight excluding hydrogens is 384 g/mol. The molecule has 0 aromatic carbocycles. The fourth-order valence-corrected chi connectivity index (χ4v) is 3.88. The lowest BCUT2D eigenvalue weighted by atomic mass is 10.1. The van der Waals surface area contributed by atoms with Gasteiger partial charge in [0.15, 0.2) is 5.82 Å². The number of amides is 2. The molecule has 0 N–H and O–H groups in total. The highest BCUT2D eigenvalue weighted by molar-refractivity contribution is 5.95. The van der Waals surface area contributed by atoms with Crippen LogP contribution in [0.1, 0.15) is 61.9 Å². The summed E-state index contributed by atoms with van der Waals surface area (Å²) in [6.07, 6.45) is 3.85. The molecule has 1 fully saturated rings. The van der Waals surface area contributed by atoms with Crippen LogP contribution in [0.2, 0.25) is 0 Å². The highest BCUT2D eigenvalue weighted by Crippen LogP contribution is 2.20. The Morgan fingerprint density at radius 2 is 2.13 bits per heavy atom. The molecule has 2 aromatic rings. The van der Waals surface area contributed by atoms with E-state index in [0.29, 0.717) is 49.3 Å². The van der Waals surface area contributed by atoms with Gasteiger partial charge in [0, 0.05) is 52.1 Å². The van der Waals surface area contributed by atoms with E-state index in [1.807, 2.05) is 23.6 Å². The van der Waals surface area contributed by atoms with Gasteiger partial charge in [-0.3, -0.25) is 14.3 Å². The van der Waals surface area contributed by atoms with Gasteiger partial charge in [-0.25, -0.2) is 0 Å². The number of hydrogen-bond acceptors (Lipinski definition) is 6. The Hall–Kier alpha value is -2.71. The maximum Gasteiger partial charge on any atom is 0.257 e. The second-order valence-corrected chi connectivity index (χ2v) is 8.34. The first-order valence-electron chi connectivity index (χ1n) is 10.7. The molecule has 9 heteroatoms. The highest BCUT2D eigenvalue weighted by atomic mass is 16.5. The zero-order chi connectivity index (χ0) is 21.8. The van der Waals surface area contributed by atoms with Crippen LogP contribution in [0.4, 0.5) is 0 Å². The first kappa shape index (κ1) is 22.0. The largest absolute Gasteiger partial charge is 0.339 e. The van der Waals surface area contributed by atoms with Crippen LogP contribution < -0.4 is 0 Å². The topological polar surface area (TPSA) is 97.4 Å². The van der Waals surface area contributed by atoms with Crippen LogP contribution >= 0.6 is 0 Å². The van der Waals surface area contributed by atoms with Gasteiger partial charge >= 0.3 is 0 Å². The number of aryl methyl sites for hydroxylation is 2. The van der Waals surface area contributed by atoms with Crippen molar-refractivity contribution < 1.29 is 14.1 Å². The number of carbonyl (C=O) groups excluding carboxylic acids is 2. The molecule has 2 amide bonds. The van der Waals surface area contributed by atoms with Crippen molar-refractivity contribution in [3.8, 4) is 0 Å². The van der Waals surface area contributed by atoms with Crippen LogP contribution in [0.3, 0.4) is 0 Å². The van der Waals surface area contributed by atoms with Crippen molar-refractivity contribution in [3.63, 3.8) is 0 Å². The zero-order valence-corrected chi connectivity index (χ0v) is 18.6. The van der Waals surface area contributed by atoms with E-state index < -0.39 is 0 Å². The molecule has 30 heavy (non-hydrogen) atoms. The second kappa shape index (κ2) is 9.40. The predicted molar refractivity (Wildman–Crippen MR) is 111 cm³/mol. The number of aromatic nitrogens is 4. The van der Waals surface area contributed by atoms with E-state index in [2.05, 4.69) is 29.1 Å². The molecule has 0 saturated carbocycles. The van der Waals surface area contributed by atoms with Crippen molar-refractivity contribution in [2.45, 2.75) is 66.5 Å². The molecule has 1 saturated heterocycles. The van der Waals surface area contributed by atoms with E-state index in [-0.39, 0.29) is 17.9 Å². The number of likely N-dealkylation sites (tertiary alicyclic amines) is 1. The molecule has 1 aliphatic heterocycles. The number of nitrogens with zero attached hydrogens (tertiary/aromatic N) is 6. The fourth-order valence-electron chi connectivity index (χ4n) is 3.88. The van der Waals surface area contributed by atoms with E-state index in [0.717, 1.165) is 25.1 Å². The smallest absolute Gasteiger partial charge is 0.257 e. The number of rotatable bonds is 8. The van der Waals surface area contributed by atoms with Gasteiger partial charge in [-0.1, -0.05) is 19.0 Å². The van der Waals surface area contributed by atoms with Gasteiger partial charge in [0.05, 0.1) is 17.3 Å². The Morgan fingerprint density at radius 3 is 2.77 bits per heavy atom. The van der Waals surface area contributed by atoms with Gasteiger partial charge < -0.3 is 14.3 Å². The third kappa shape index (κ3) is 5.06. The maximum atomic E-state index is 12.9. The fraction of sp³-hybridized carbons (Fsp3) is 0.667. The van der Waals surface area contributed by atoms with E-state index in [4.69, 9.17) is 4.52 Å². The third-order valence-electron chi connectivity index (χ3n) is 5.47. The van der Waals surface area contributed by atoms with Crippen molar-refractivity contribution in [2.24, 2.45) is 5.92 Å². The predicted octanol–water partition coefficient (Wildman–Crippen LogP) is 2.10. The van der Waals surface area contributed by atoms with Gasteiger partial charge in [0.1, 0.15) is 0 Å². The summed E-state index contributed by atoms with van der Waals surface area (Å²) in [6.45, 7) is 12.0. The summed E-state index contributed by atoms with van der Waals surface area (Å²) in [5.74, 6) is 1.67. The van der Waals surface area contributed by atoms with Crippen LogP contribution in [0.15, 0.2) is 10.7 Å². The molecule has 0 bridgehead atoms. The minimum atomic E-state index is -0.0188. The molecule has 0 spiro atoms. The van der Waals surface area contributed by atoms with Gasteiger partial charge in [0.2, 0.25) is 11.8 Å². The van der Waals surface area contributed by atoms with Crippen LogP contribution in [-0.4, -0.2) is 67.2 Å². The van der Waals surface area contributed by atoms with E-state index >= 15 is 0 Å². The monoisotopic (exact) mass is 416 g/mol. The molecule has 1 aliphatic rings. The summed E-state index contributed by atoms with van der Waals surface area (Å²) in [5, 5.41) is 8.40. The summed E-state index contributed by atoms with van der Waals surface area (Å²) in [6, 6.07) is -0.00462. The highest BCUT2D eigenvalue weighted by Gasteiger charge is 2.33. The molecule has 1 unspecified atom stereocenters. The molecule has 9 nitrogen and oxygen atoms in total. The first-order chi connectivity index (χ1) is 14.3. The van der Waals surface area contributed by atoms with Gasteiger partial charge in [0.25, 0.3) is 5.91 Å². The standard InChI is InChI=1S/C21H32N6O3/c1-6-26-13-18(15(4)23-26)21(29)25-9-7-17(12-25)27(16(5)28)10-8-19-22-20(30-24-19)11-14(2)3/h13-14,17H,6-12H2,1-5H3. The van der Waals surface area contributed by atoms with E-state index in [9.17, 15) is 9.59 Å². The third-order valence-corrected chi connectivity index (χ3v) is 5.47. The molecule has 0 aliphatic carbocycles. The summed E-state index contributed by atoms with van der Waals surface area (Å²) >= 11 is 0. The molecule has 0 radical (unpaired) electrons. The van der Waals surface area contributed by atoms with Crippen molar-refractivity contribution >= 4 is 11.8 Å². The Balaban J connectivity index is 1.60. The van der Waals surface area contributed by atoms with Crippen molar-refractivity contribution in [2.75, 3.05) is 19.6 Å². The Labute approximate surface area is 177 Å². The van der Waals surface area contributed by atoms with Crippen molar-refractivity contribution in [1.29, 1.82) is 0 Å². The SMILES string of the molecule is CCn1cc(C(=O)N2CCC(N(CCc3noc(CC(C)C)n3)C(C)=O)C2)c(C)n1. The normalized spacial score (nSPS) is 16.5. The van der Waals surface area contributed by atoms with Gasteiger partial charge in [-0.05, 0) is 26.2 Å². The van der Waals surface area contributed by atoms with Crippen molar-refractivity contribution in [1.82, 2.24) is 29.7 Å². The lowest BCUT2D eigenvalue weighted by molar-refractivity contribution is -0.130. The minimum Gasteiger partial charge on any atom is -0.339 e. The summed E-state index contributed by atoms with van der Waals surface area (Å²) in [5.41, 5.74) is 1.37. The molecule has 164 valence electrons. The number of hydrogen-bond donors (Lipinski definition) is 0. The second-order valence-electron chi connectivity index (χ2n) is 8.34. The lowest BCUT2D eigenvalue weighted by Crippen LogP contribution is -2.42. The zero-order valence-electron chi connectivity index (χ0n) is 18.6. The van der Waals surface area contributed by atoms with E-state index in [1.165, 1.54) is 0 Å².